The second-order valence-electron chi connectivity index (χ2n) is 5.33. The van der Waals surface area contributed by atoms with Crippen molar-refractivity contribution in [2.75, 3.05) is 5.75 Å². The van der Waals surface area contributed by atoms with E-state index in [4.69, 9.17) is 0 Å². The van der Waals surface area contributed by atoms with Crippen LogP contribution in [0.3, 0.4) is 0 Å². The number of nitro groups is 1. The van der Waals surface area contributed by atoms with Crippen molar-refractivity contribution in [1.29, 1.82) is 0 Å². The third kappa shape index (κ3) is 3.41. The minimum Gasteiger partial charge on any atom is -0.298 e. The molecule has 9 heteroatoms. The van der Waals surface area contributed by atoms with Gasteiger partial charge in [-0.3, -0.25) is 19.5 Å². The lowest BCUT2D eigenvalue weighted by atomic mass is 10.2. The zero-order valence-corrected chi connectivity index (χ0v) is 13.7. The molecule has 0 aliphatic heterocycles. The van der Waals surface area contributed by atoms with E-state index in [0.717, 1.165) is 10.6 Å². The number of non-ortho nitro benzene ring substituents is 1. The summed E-state index contributed by atoms with van der Waals surface area (Å²) < 4.78 is 25.7. The molecule has 0 fully saturated rings. The molecule has 0 atom stereocenters. The minimum atomic E-state index is -3.55. The van der Waals surface area contributed by atoms with Gasteiger partial charge in [-0.2, -0.15) is 0 Å². The van der Waals surface area contributed by atoms with E-state index in [0.29, 0.717) is 5.52 Å². The zero-order valence-electron chi connectivity index (χ0n) is 12.9. The molecule has 0 saturated carbocycles. The highest BCUT2D eigenvalue weighted by Crippen LogP contribution is 2.16. The van der Waals surface area contributed by atoms with E-state index < -0.39 is 20.3 Å². The summed E-state index contributed by atoms with van der Waals surface area (Å²) in [5, 5.41) is 10.9. The first-order chi connectivity index (χ1) is 11.9. The summed E-state index contributed by atoms with van der Waals surface area (Å²) in [4.78, 5) is 26.9. The summed E-state index contributed by atoms with van der Waals surface area (Å²) in [6.07, 6.45) is 1.25. The Morgan fingerprint density at radius 2 is 1.84 bits per heavy atom. The quantitative estimate of drug-likeness (QED) is 0.507. The second-order valence-corrected chi connectivity index (χ2v) is 7.44. The highest BCUT2D eigenvalue weighted by Gasteiger charge is 2.16. The number of sulfone groups is 1. The fourth-order valence-electron chi connectivity index (χ4n) is 2.38. The van der Waals surface area contributed by atoms with Crippen molar-refractivity contribution >= 4 is 26.4 Å². The average Bonchev–Trinajstić information content (AvgIpc) is 2.61. The lowest BCUT2D eigenvalue weighted by molar-refractivity contribution is -0.384. The monoisotopic (exact) mass is 359 g/mol. The van der Waals surface area contributed by atoms with Gasteiger partial charge in [-0.1, -0.05) is 18.2 Å². The predicted octanol–water partition coefficient (Wildman–Crippen LogP) is 1.78. The van der Waals surface area contributed by atoms with Crippen LogP contribution in [0.15, 0.2) is 64.5 Å². The van der Waals surface area contributed by atoms with Crippen LogP contribution in [0.2, 0.25) is 0 Å². The van der Waals surface area contributed by atoms with Crippen LogP contribution in [0, 0.1) is 10.1 Å². The summed E-state index contributed by atoms with van der Waals surface area (Å²) in [7, 11) is -3.55. The number of hydrogen-bond acceptors (Lipinski definition) is 6. The molecule has 0 saturated heterocycles. The van der Waals surface area contributed by atoms with Crippen molar-refractivity contribution in [3.05, 3.63) is 75.3 Å². The Kier molecular flexibility index (Phi) is 4.32. The van der Waals surface area contributed by atoms with Crippen molar-refractivity contribution < 1.29 is 13.3 Å². The van der Waals surface area contributed by atoms with Crippen LogP contribution in [0.5, 0.6) is 0 Å². The SMILES string of the molecule is O=c1c2cc([N+](=O)[O-])ccc2ncn1CCS(=O)(=O)c1ccccc1. The van der Waals surface area contributed by atoms with Gasteiger partial charge in [0.25, 0.3) is 11.2 Å². The molecule has 0 N–H and O–H groups in total. The number of aryl methyl sites for hydroxylation is 1. The van der Waals surface area contributed by atoms with E-state index >= 15 is 0 Å². The maximum absolute atomic E-state index is 12.5. The maximum atomic E-state index is 12.5. The van der Waals surface area contributed by atoms with E-state index in [1.807, 2.05) is 0 Å². The van der Waals surface area contributed by atoms with Crippen molar-refractivity contribution in [1.82, 2.24) is 9.55 Å². The molecule has 0 aliphatic carbocycles. The van der Waals surface area contributed by atoms with Crippen LogP contribution in [0.25, 0.3) is 10.9 Å². The Morgan fingerprint density at radius 3 is 2.52 bits per heavy atom. The highest BCUT2D eigenvalue weighted by molar-refractivity contribution is 7.91. The fraction of sp³-hybridized carbons (Fsp3) is 0.125. The molecule has 25 heavy (non-hydrogen) atoms. The number of benzene rings is 2. The highest BCUT2D eigenvalue weighted by atomic mass is 32.2. The molecule has 0 bridgehead atoms. The van der Waals surface area contributed by atoms with E-state index in [2.05, 4.69) is 4.98 Å². The van der Waals surface area contributed by atoms with E-state index in [1.165, 1.54) is 30.6 Å². The molecule has 0 unspecified atom stereocenters. The molecule has 1 aromatic heterocycles. The van der Waals surface area contributed by atoms with Crippen LogP contribution in [0.1, 0.15) is 0 Å². The maximum Gasteiger partial charge on any atom is 0.270 e. The normalized spacial score (nSPS) is 11.5. The molecular weight excluding hydrogens is 346 g/mol. The van der Waals surface area contributed by atoms with Gasteiger partial charge < -0.3 is 0 Å². The third-order valence-electron chi connectivity index (χ3n) is 3.72. The molecule has 0 spiro atoms. The fourth-order valence-corrected chi connectivity index (χ4v) is 3.63. The van der Waals surface area contributed by atoms with E-state index in [1.54, 1.807) is 18.2 Å². The second kappa shape index (κ2) is 6.44. The third-order valence-corrected chi connectivity index (χ3v) is 5.43. The van der Waals surface area contributed by atoms with E-state index in [-0.39, 0.29) is 28.3 Å². The molecular formula is C16H13N3O5S. The van der Waals surface area contributed by atoms with Crippen molar-refractivity contribution in [3.63, 3.8) is 0 Å². The number of nitrogens with zero attached hydrogens (tertiary/aromatic N) is 3. The van der Waals surface area contributed by atoms with Gasteiger partial charge in [0.05, 0.1) is 32.8 Å². The Balaban J connectivity index is 1.93. The van der Waals surface area contributed by atoms with Crippen LogP contribution in [-0.4, -0.2) is 28.6 Å². The largest absolute Gasteiger partial charge is 0.298 e. The Hall–Kier alpha value is -3.07. The predicted molar refractivity (Wildman–Crippen MR) is 91.2 cm³/mol. The first-order valence-corrected chi connectivity index (χ1v) is 8.95. The number of rotatable bonds is 5. The molecule has 1 heterocycles. The van der Waals surface area contributed by atoms with Gasteiger partial charge in [0.1, 0.15) is 0 Å². The molecule has 2 aromatic carbocycles. The number of nitro benzene ring substituents is 1. The number of hydrogen-bond donors (Lipinski definition) is 0. The van der Waals surface area contributed by atoms with E-state index in [9.17, 15) is 23.3 Å². The lowest BCUT2D eigenvalue weighted by Gasteiger charge is -2.08. The van der Waals surface area contributed by atoms with Crippen LogP contribution < -0.4 is 5.56 Å². The molecule has 0 aliphatic rings. The minimum absolute atomic E-state index is 0.0776. The first-order valence-electron chi connectivity index (χ1n) is 7.30. The van der Waals surface area contributed by atoms with Gasteiger partial charge in [-0.05, 0) is 18.2 Å². The topological polar surface area (TPSA) is 112 Å². The zero-order chi connectivity index (χ0) is 18.0. The van der Waals surface area contributed by atoms with Gasteiger partial charge in [0, 0.05) is 18.7 Å². The number of fused-ring (bicyclic) bond motifs is 1. The molecule has 3 aromatic rings. The summed E-state index contributed by atoms with van der Waals surface area (Å²) >= 11 is 0. The molecule has 0 radical (unpaired) electrons. The first kappa shape index (κ1) is 16.8. The average molecular weight is 359 g/mol. The summed E-state index contributed by atoms with van der Waals surface area (Å²) in [5.74, 6) is -0.279. The molecule has 128 valence electrons. The van der Waals surface area contributed by atoms with Crippen molar-refractivity contribution in [2.24, 2.45) is 0 Å². The van der Waals surface area contributed by atoms with Crippen LogP contribution in [0.4, 0.5) is 5.69 Å². The Bertz CT molecular complexity index is 1110. The standard InChI is InChI=1S/C16H13N3O5S/c20-16-14-10-12(19(21)22)6-7-15(14)17-11-18(16)8-9-25(23,24)13-4-2-1-3-5-13/h1-7,10-11H,8-9H2. The van der Waals surface area contributed by atoms with Crippen LogP contribution in [-0.2, 0) is 16.4 Å². The number of aromatic nitrogens is 2. The van der Waals surface area contributed by atoms with Gasteiger partial charge in [0.2, 0.25) is 0 Å². The van der Waals surface area contributed by atoms with Gasteiger partial charge >= 0.3 is 0 Å². The summed E-state index contributed by atoms with van der Waals surface area (Å²) in [5.41, 5.74) is -0.421. The van der Waals surface area contributed by atoms with Crippen LogP contribution >= 0.6 is 0 Å². The summed E-state index contributed by atoms with van der Waals surface area (Å²) in [6.45, 7) is -0.0955. The Morgan fingerprint density at radius 1 is 1.12 bits per heavy atom. The molecule has 3 rings (SSSR count). The molecule has 0 amide bonds. The smallest absolute Gasteiger partial charge is 0.270 e. The van der Waals surface area contributed by atoms with Gasteiger partial charge in [-0.15, -0.1) is 0 Å². The molecule has 8 nitrogen and oxygen atoms in total. The van der Waals surface area contributed by atoms with Crippen molar-refractivity contribution in [3.8, 4) is 0 Å². The van der Waals surface area contributed by atoms with Crippen molar-refractivity contribution in [2.45, 2.75) is 11.4 Å². The van der Waals surface area contributed by atoms with Gasteiger partial charge in [-0.25, -0.2) is 13.4 Å². The Labute approximate surface area is 142 Å². The lowest BCUT2D eigenvalue weighted by Crippen LogP contribution is -2.24. The van der Waals surface area contributed by atoms with Gasteiger partial charge in [0.15, 0.2) is 9.84 Å². The summed E-state index contributed by atoms with van der Waals surface area (Å²) in [6, 6.07) is 11.7.